The molecule has 0 aliphatic carbocycles. The molecule has 74 valence electrons. The Hall–Kier alpha value is -1.12. The maximum absolute atomic E-state index is 4.00. The number of benzene rings is 1. The van der Waals surface area contributed by atoms with Gasteiger partial charge in [-0.05, 0) is 41.5 Å². The van der Waals surface area contributed by atoms with E-state index in [1.807, 2.05) is 0 Å². The average Bonchev–Trinajstić information content (AvgIpc) is 2.69. The van der Waals surface area contributed by atoms with E-state index in [0.717, 1.165) is 9.06 Å². The fourth-order valence-electron chi connectivity index (χ4n) is 1.98. The summed E-state index contributed by atoms with van der Waals surface area (Å²) in [5, 5.41) is 2.66. The predicted octanol–water partition coefficient (Wildman–Crippen LogP) is 3.25. The van der Waals surface area contributed by atoms with Crippen molar-refractivity contribution in [1.29, 1.82) is 0 Å². The molecule has 2 aromatic heterocycles. The lowest BCUT2D eigenvalue weighted by atomic mass is 10.1. The molecule has 0 saturated heterocycles. The van der Waals surface area contributed by atoms with Gasteiger partial charge in [-0.15, -0.1) is 22.7 Å². The summed E-state index contributed by atoms with van der Waals surface area (Å²) in [6.45, 7) is 10.2. The van der Waals surface area contributed by atoms with Crippen molar-refractivity contribution in [1.82, 2.24) is 0 Å². The van der Waals surface area contributed by atoms with Crippen LogP contribution in [0.3, 0.4) is 0 Å². The molecule has 0 atom stereocenters. The lowest BCUT2D eigenvalue weighted by Crippen LogP contribution is -1.80. The molecule has 3 rings (SSSR count). The third-order valence-electron chi connectivity index (χ3n) is 2.65. The number of rotatable bonds is 0. The van der Waals surface area contributed by atoms with Crippen molar-refractivity contribution in [3.63, 3.8) is 0 Å². The first-order valence-electron chi connectivity index (χ1n) is 4.76. The molecule has 15 heavy (non-hydrogen) atoms. The van der Waals surface area contributed by atoms with E-state index in [-0.39, 0.29) is 0 Å². The van der Waals surface area contributed by atoms with Gasteiger partial charge < -0.3 is 0 Å². The Bertz CT molecular complexity index is 696. The summed E-state index contributed by atoms with van der Waals surface area (Å²) >= 11 is 3.54. The second-order valence-electron chi connectivity index (χ2n) is 3.76. The van der Waals surface area contributed by atoms with Crippen molar-refractivity contribution in [2.75, 3.05) is 0 Å². The zero-order valence-electron chi connectivity index (χ0n) is 8.46. The van der Waals surface area contributed by atoms with Crippen molar-refractivity contribution in [3.8, 4) is 0 Å². The summed E-state index contributed by atoms with van der Waals surface area (Å²) < 4.78 is 4.98. The summed E-state index contributed by atoms with van der Waals surface area (Å²) in [5.74, 6) is 0. The normalized spacial score (nSPS) is 11.5. The standard InChI is InChI=1S/C13H10S2/c1-7-4-10-6-12-11(5-8(2)14-12)9(3)13(10)15-7/h4-6H,1-2H2,3H3. The lowest BCUT2D eigenvalue weighted by molar-refractivity contribution is 1.63. The molecule has 2 heteroatoms. The first-order chi connectivity index (χ1) is 7.15. The van der Waals surface area contributed by atoms with Gasteiger partial charge in [0.2, 0.25) is 0 Å². The van der Waals surface area contributed by atoms with E-state index in [9.17, 15) is 0 Å². The molecule has 0 fully saturated rings. The second-order valence-corrected chi connectivity index (χ2v) is 6.06. The summed E-state index contributed by atoms with van der Waals surface area (Å²) in [7, 11) is 0. The molecule has 0 unspecified atom stereocenters. The van der Waals surface area contributed by atoms with Crippen LogP contribution < -0.4 is 9.06 Å². The molecule has 1 aromatic carbocycles. The van der Waals surface area contributed by atoms with Gasteiger partial charge in [0.05, 0.1) is 0 Å². The monoisotopic (exact) mass is 230 g/mol. The molecule has 0 N–H and O–H groups in total. The SMILES string of the molecule is C=c1cc2c(C)c3sc(=C)cc3cc2s1. The Kier molecular flexibility index (Phi) is 1.79. The van der Waals surface area contributed by atoms with Crippen LogP contribution >= 0.6 is 22.7 Å². The highest BCUT2D eigenvalue weighted by Gasteiger charge is 2.06. The van der Waals surface area contributed by atoms with Gasteiger partial charge in [0.15, 0.2) is 0 Å². The average molecular weight is 230 g/mol. The van der Waals surface area contributed by atoms with E-state index in [1.165, 1.54) is 25.7 Å². The highest BCUT2D eigenvalue weighted by Crippen LogP contribution is 2.30. The van der Waals surface area contributed by atoms with E-state index in [0.29, 0.717) is 0 Å². The Labute approximate surface area is 95.8 Å². The maximum atomic E-state index is 4.00. The minimum absolute atomic E-state index is 1.14. The summed E-state index contributed by atoms with van der Waals surface area (Å²) in [4.78, 5) is 0. The molecule has 0 bridgehead atoms. The van der Waals surface area contributed by atoms with Gasteiger partial charge >= 0.3 is 0 Å². The minimum atomic E-state index is 1.14. The largest absolute Gasteiger partial charge is 0.136 e. The molecule has 0 aliphatic rings. The predicted molar refractivity (Wildman–Crippen MR) is 72.2 cm³/mol. The van der Waals surface area contributed by atoms with Crippen LogP contribution in [-0.4, -0.2) is 0 Å². The molecular formula is C13H10S2. The Morgan fingerprint density at radius 3 is 2.53 bits per heavy atom. The number of hydrogen-bond acceptors (Lipinski definition) is 2. The van der Waals surface area contributed by atoms with E-state index < -0.39 is 0 Å². The molecular weight excluding hydrogens is 220 g/mol. The van der Waals surface area contributed by atoms with E-state index in [2.05, 4.69) is 38.3 Å². The highest BCUT2D eigenvalue weighted by atomic mass is 32.1. The molecule has 0 aliphatic heterocycles. The van der Waals surface area contributed by atoms with E-state index >= 15 is 0 Å². The van der Waals surface area contributed by atoms with Crippen molar-refractivity contribution >= 4 is 56.0 Å². The van der Waals surface area contributed by atoms with Crippen LogP contribution in [0, 0.1) is 6.92 Å². The van der Waals surface area contributed by atoms with Gasteiger partial charge in [0, 0.05) is 18.5 Å². The lowest BCUT2D eigenvalue weighted by Gasteiger charge is -1.97. The third kappa shape index (κ3) is 1.25. The minimum Gasteiger partial charge on any atom is -0.136 e. The molecule has 0 amide bonds. The topological polar surface area (TPSA) is 0 Å². The second kappa shape index (κ2) is 2.94. The van der Waals surface area contributed by atoms with E-state index in [1.54, 1.807) is 22.7 Å². The molecule has 0 radical (unpaired) electrons. The number of hydrogen-bond donors (Lipinski definition) is 0. The molecule has 0 spiro atoms. The molecule has 0 nitrogen and oxygen atoms in total. The zero-order valence-corrected chi connectivity index (χ0v) is 10.1. The van der Waals surface area contributed by atoms with Gasteiger partial charge in [-0.25, -0.2) is 0 Å². The van der Waals surface area contributed by atoms with Crippen LogP contribution in [0.5, 0.6) is 0 Å². The van der Waals surface area contributed by atoms with Crippen molar-refractivity contribution < 1.29 is 0 Å². The molecule has 2 heterocycles. The number of aryl methyl sites for hydroxylation is 1. The van der Waals surface area contributed by atoms with Gasteiger partial charge in [0.25, 0.3) is 0 Å². The Balaban J connectivity index is 2.68. The summed E-state index contributed by atoms with van der Waals surface area (Å²) in [6.07, 6.45) is 0. The number of thiophene rings is 2. The highest BCUT2D eigenvalue weighted by molar-refractivity contribution is 7.18. The van der Waals surface area contributed by atoms with Gasteiger partial charge in [-0.2, -0.15) is 0 Å². The van der Waals surface area contributed by atoms with Crippen LogP contribution in [0.25, 0.3) is 33.3 Å². The molecule has 3 aromatic rings. The van der Waals surface area contributed by atoms with Crippen LogP contribution in [0.15, 0.2) is 18.2 Å². The van der Waals surface area contributed by atoms with Crippen molar-refractivity contribution in [3.05, 3.63) is 32.8 Å². The van der Waals surface area contributed by atoms with E-state index in [4.69, 9.17) is 0 Å². The van der Waals surface area contributed by atoms with Gasteiger partial charge in [-0.3, -0.25) is 0 Å². The summed E-state index contributed by atoms with van der Waals surface area (Å²) in [6, 6.07) is 6.59. The zero-order chi connectivity index (χ0) is 10.6. The smallest absolute Gasteiger partial charge is 0.0385 e. The Morgan fingerprint density at radius 1 is 1.00 bits per heavy atom. The van der Waals surface area contributed by atoms with Crippen LogP contribution in [0.2, 0.25) is 0 Å². The van der Waals surface area contributed by atoms with Crippen LogP contribution in [-0.2, 0) is 0 Å². The first-order valence-corrected chi connectivity index (χ1v) is 6.39. The molecule has 0 saturated carbocycles. The fraction of sp³-hybridized carbons (Fsp3) is 0.0769. The maximum Gasteiger partial charge on any atom is 0.0385 e. The summed E-state index contributed by atoms with van der Waals surface area (Å²) in [5.41, 5.74) is 1.37. The quantitative estimate of drug-likeness (QED) is 0.556. The van der Waals surface area contributed by atoms with Crippen molar-refractivity contribution in [2.45, 2.75) is 6.92 Å². The number of fused-ring (bicyclic) bond motifs is 2. The third-order valence-corrected chi connectivity index (χ3v) is 4.72. The van der Waals surface area contributed by atoms with Gasteiger partial charge in [-0.1, -0.05) is 13.2 Å². The fourth-order valence-corrected chi connectivity index (χ4v) is 3.89. The van der Waals surface area contributed by atoms with Crippen molar-refractivity contribution in [2.24, 2.45) is 0 Å². The first kappa shape index (κ1) is 9.13. The van der Waals surface area contributed by atoms with Gasteiger partial charge in [0.1, 0.15) is 0 Å². The Morgan fingerprint density at radius 2 is 1.73 bits per heavy atom. The van der Waals surface area contributed by atoms with Crippen LogP contribution in [0.4, 0.5) is 0 Å². The van der Waals surface area contributed by atoms with Crippen LogP contribution in [0.1, 0.15) is 5.56 Å².